The van der Waals surface area contributed by atoms with E-state index < -0.39 is 0 Å². The highest BCUT2D eigenvalue weighted by molar-refractivity contribution is 7.71. The molecule has 2 aromatic heterocycles. The van der Waals surface area contributed by atoms with Gasteiger partial charge in [0.1, 0.15) is 12.4 Å². The van der Waals surface area contributed by atoms with Crippen molar-refractivity contribution < 1.29 is 4.79 Å². The summed E-state index contributed by atoms with van der Waals surface area (Å²) in [6.45, 7) is 2.90. The number of carbonyl (C=O) groups excluding carboxylic acids is 1. The SMILES string of the molecule is Cc1ccc(-c2n[nH]c(=S)n2CC(=O)N2CCCC2c2nc3ccccc3[nH]2)cc1. The molecule has 1 atom stereocenters. The van der Waals surface area contributed by atoms with E-state index in [2.05, 4.69) is 15.2 Å². The van der Waals surface area contributed by atoms with E-state index in [4.69, 9.17) is 17.2 Å². The number of aromatic amines is 2. The maximum absolute atomic E-state index is 13.3. The van der Waals surface area contributed by atoms with E-state index >= 15 is 0 Å². The number of aromatic nitrogens is 5. The van der Waals surface area contributed by atoms with Gasteiger partial charge < -0.3 is 9.88 Å². The van der Waals surface area contributed by atoms with Crippen LogP contribution in [0.4, 0.5) is 0 Å². The molecule has 0 radical (unpaired) electrons. The van der Waals surface area contributed by atoms with Gasteiger partial charge in [0.05, 0.1) is 17.1 Å². The normalized spacial score (nSPS) is 16.4. The van der Waals surface area contributed by atoms with Crippen LogP contribution in [0.15, 0.2) is 48.5 Å². The Balaban J connectivity index is 1.42. The van der Waals surface area contributed by atoms with Crippen LogP contribution in [0.3, 0.4) is 0 Å². The molecule has 1 aliphatic heterocycles. The monoisotopic (exact) mass is 418 g/mol. The van der Waals surface area contributed by atoms with Crippen LogP contribution in [0.1, 0.15) is 30.3 Å². The Hall–Kier alpha value is -3.26. The van der Waals surface area contributed by atoms with E-state index in [1.54, 1.807) is 4.57 Å². The Bertz CT molecular complexity index is 1240. The van der Waals surface area contributed by atoms with Crippen LogP contribution in [0.5, 0.6) is 0 Å². The highest BCUT2D eigenvalue weighted by Crippen LogP contribution is 2.32. The van der Waals surface area contributed by atoms with E-state index in [1.165, 1.54) is 5.56 Å². The Morgan fingerprint density at radius 2 is 2.00 bits per heavy atom. The summed E-state index contributed by atoms with van der Waals surface area (Å²) in [4.78, 5) is 23.3. The number of H-pyrrole nitrogens is 2. The first-order valence-electron chi connectivity index (χ1n) is 10.1. The van der Waals surface area contributed by atoms with Gasteiger partial charge in [0.25, 0.3) is 0 Å². The van der Waals surface area contributed by atoms with Crippen LogP contribution in [0.2, 0.25) is 0 Å². The average Bonchev–Trinajstić information content (AvgIpc) is 3.47. The number of hydrogen-bond donors (Lipinski definition) is 2. The maximum atomic E-state index is 13.3. The van der Waals surface area contributed by atoms with Crippen molar-refractivity contribution in [2.45, 2.75) is 32.4 Å². The van der Waals surface area contributed by atoms with Gasteiger partial charge in [-0.25, -0.2) is 4.98 Å². The number of amides is 1. The van der Waals surface area contributed by atoms with Gasteiger partial charge >= 0.3 is 0 Å². The van der Waals surface area contributed by atoms with Crippen LogP contribution < -0.4 is 0 Å². The predicted molar refractivity (Wildman–Crippen MR) is 117 cm³/mol. The summed E-state index contributed by atoms with van der Waals surface area (Å²) in [7, 11) is 0. The molecule has 7 nitrogen and oxygen atoms in total. The number of nitrogens with zero attached hydrogens (tertiary/aromatic N) is 4. The molecule has 30 heavy (non-hydrogen) atoms. The van der Waals surface area contributed by atoms with Crippen molar-refractivity contribution in [3.05, 3.63) is 64.7 Å². The lowest BCUT2D eigenvalue weighted by atomic mass is 10.1. The van der Waals surface area contributed by atoms with Gasteiger partial charge in [-0.3, -0.25) is 14.5 Å². The predicted octanol–water partition coefficient (Wildman–Crippen LogP) is 4.16. The lowest BCUT2D eigenvalue weighted by Crippen LogP contribution is -2.34. The van der Waals surface area contributed by atoms with Gasteiger partial charge in [-0.1, -0.05) is 42.0 Å². The molecule has 1 aliphatic rings. The summed E-state index contributed by atoms with van der Waals surface area (Å²) in [5.74, 6) is 1.54. The molecule has 0 bridgehead atoms. The number of imidazole rings is 1. The van der Waals surface area contributed by atoms with Gasteiger partial charge in [-0.15, -0.1) is 0 Å². The summed E-state index contributed by atoms with van der Waals surface area (Å²) < 4.78 is 2.22. The summed E-state index contributed by atoms with van der Waals surface area (Å²) in [5, 5.41) is 7.19. The second-order valence-corrected chi connectivity index (χ2v) is 8.08. The number of benzene rings is 2. The summed E-state index contributed by atoms with van der Waals surface area (Å²) in [6.07, 6.45) is 1.85. The lowest BCUT2D eigenvalue weighted by Gasteiger charge is -2.23. The number of aryl methyl sites for hydroxylation is 1. The topological polar surface area (TPSA) is 82.6 Å². The third kappa shape index (κ3) is 3.33. The van der Waals surface area contributed by atoms with Crippen LogP contribution >= 0.6 is 12.2 Å². The smallest absolute Gasteiger partial charge is 0.243 e. The zero-order valence-corrected chi connectivity index (χ0v) is 17.4. The van der Waals surface area contributed by atoms with Crippen molar-refractivity contribution in [3.63, 3.8) is 0 Å². The van der Waals surface area contributed by atoms with Crippen molar-refractivity contribution in [3.8, 4) is 11.4 Å². The van der Waals surface area contributed by atoms with E-state index in [0.717, 1.165) is 35.3 Å². The minimum atomic E-state index is -0.0474. The van der Waals surface area contributed by atoms with Crippen molar-refractivity contribution in [1.29, 1.82) is 0 Å². The first-order chi connectivity index (χ1) is 14.6. The zero-order chi connectivity index (χ0) is 20.7. The van der Waals surface area contributed by atoms with E-state index in [9.17, 15) is 4.79 Å². The van der Waals surface area contributed by atoms with Crippen molar-refractivity contribution in [1.82, 2.24) is 29.6 Å². The Morgan fingerprint density at radius 3 is 2.80 bits per heavy atom. The Morgan fingerprint density at radius 1 is 1.20 bits per heavy atom. The number of hydrogen-bond acceptors (Lipinski definition) is 4. The van der Waals surface area contributed by atoms with Gasteiger partial charge in [-0.2, -0.15) is 5.10 Å². The molecule has 1 unspecified atom stereocenters. The average molecular weight is 419 g/mol. The molecule has 0 aliphatic carbocycles. The summed E-state index contributed by atoms with van der Waals surface area (Å²) >= 11 is 5.41. The molecule has 4 aromatic rings. The van der Waals surface area contributed by atoms with E-state index in [0.29, 0.717) is 17.1 Å². The first-order valence-corrected chi connectivity index (χ1v) is 10.5. The molecule has 1 saturated heterocycles. The quantitative estimate of drug-likeness (QED) is 0.488. The van der Waals surface area contributed by atoms with E-state index in [1.807, 2.05) is 60.4 Å². The summed E-state index contributed by atoms with van der Waals surface area (Å²) in [5.41, 5.74) is 4.01. The number of likely N-dealkylation sites (tertiary alicyclic amines) is 1. The second-order valence-electron chi connectivity index (χ2n) is 7.69. The third-order valence-corrected chi connectivity index (χ3v) is 5.97. The molecule has 0 saturated carbocycles. The summed E-state index contributed by atoms with van der Waals surface area (Å²) in [6, 6.07) is 15.9. The van der Waals surface area contributed by atoms with Gasteiger partial charge in [0, 0.05) is 12.1 Å². The molecule has 2 N–H and O–H groups in total. The Labute approximate surface area is 178 Å². The van der Waals surface area contributed by atoms with Gasteiger partial charge in [-0.05, 0) is 44.1 Å². The minimum absolute atomic E-state index is 0.0174. The molecular formula is C22H22N6OS. The standard InChI is InChI=1S/C22H22N6OS/c1-14-8-10-15(11-9-14)21-25-26-22(30)28(21)13-19(29)27-12-4-7-18(27)20-23-16-5-2-3-6-17(16)24-20/h2-3,5-6,8-11,18H,4,7,12-13H2,1H3,(H,23,24)(H,26,30). The number of rotatable bonds is 4. The molecule has 1 fully saturated rings. The highest BCUT2D eigenvalue weighted by Gasteiger charge is 2.32. The fraction of sp³-hybridized carbons (Fsp3) is 0.273. The minimum Gasteiger partial charge on any atom is -0.340 e. The largest absolute Gasteiger partial charge is 0.340 e. The highest BCUT2D eigenvalue weighted by atomic mass is 32.1. The molecule has 5 rings (SSSR count). The van der Waals surface area contributed by atoms with Crippen molar-refractivity contribution in [2.75, 3.05) is 6.54 Å². The lowest BCUT2D eigenvalue weighted by molar-refractivity contribution is -0.132. The fourth-order valence-corrected chi connectivity index (χ4v) is 4.29. The van der Waals surface area contributed by atoms with E-state index in [-0.39, 0.29) is 18.5 Å². The Kier molecular flexibility index (Phi) is 4.71. The van der Waals surface area contributed by atoms with Gasteiger partial charge in [0.15, 0.2) is 10.6 Å². The number of carbonyl (C=O) groups is 1. The van der Waals surface area contributed by atoms with Crippen LogP contribution in [-0.2, 0) is 11.3 Å². The zero-order valence-electron chi connectivity index (χ0n) is 16.6. The molecule has 0 spiro atoms. The van der Waals surface area contributed by atoms with Crippen LogP contribution in [-0.4, -0.2) is 42.1 Å². The molecule has 152 valence electrons. The van der Waals surface area contributed by atoms with Crippen molar-refractivity contribution >= 4 is 29.2 Å². The number of para-hydroxylation sites is 2. The first kappa shape index (κ1) is 18.7. The maximum Gasteiger partial charge on any atom is 0.243 e. The molecular weight excluding hydrogens is 396 g/mol. The number of fused-ring (bicyclic) bond motifs is 1. The van der Waals surface area contributed by atoms with Crippen LogP contribution in [0.25, 0.3) is 22.4 Å². The van der Waals surface area contributed by atoms with Crippen LogP contribution in [0, 0.1) is 11.7 Å². The molecule has 2 aromatic carbocycles. The van der Waals surface area contributed by atoms with Gasteiger partial charge in [0.2, 0.25) is 5.91 Å². The number of nitrogens with one attached hydrogen (secondary N) is 2. The third-order valence-electron chi connectivity index (χ3n) is 5.66. The molecule has 8 heteroatoms. The second kappa shape index (κ2) is 7.53. The fourth-order valence-electron chi connectivity index (χ4n) is 4.09. The molecule has 3 heterocycles. The van der Waals surface area contributed by atoms with Crippen molar-refractivity contribution in [2.24, 2.45) is 0 Å². The molecule has 1 amide bonds.